The second kappa shape index (κ2) is 7.58. The van der Waals surface area contributed by atoms with Crippen LogP contribution in [0.15, 0.2) is 24.3 Å². The minimum absolute atomic E-state index is 0.0376. The zero-order valence-corrected chi connectivity index (χ0v) is 16.0. The first-order valence-electron chi connectivity index (χ1n) is 8.15. The van der Waals surface area contributed by atoms with Crippen LogP contribution in [0.4, 0.5) is 10.5 Å². The summed E-state index contributed by atoms with van der Waals surface area (Å²) in [5, 5.41) is 18.5. The van der Waals surface area contributed by atoms with E-state index in [0.717, 1.165) is 13.2 Å². The molecule has 27 heavy (non-hydrogen) atoms. The van der Waals surface area contributed by atoms with Crippen LogP contribution in [0.5, 0.6) is 0 Å². The average molecular weight is 395 g/mol. The van der Waals surface area contributed by atoms with Gasteiger partial charge in [-0.25, -0.2) is 13.2 Å². The second-order valence-electron chi connectivity index (χ2n) is 6.62. The molecule has 146 valence electrons. The van der Waals surface area contributed by atoms with E-state index in [1.165, 1.54) is 4.90 Å². The summed E-state index contributed by atoms with van der Waals surface area (Å²) in [5.41, 5.74) is 1.17. The molecule has 2 unspecified atom stereocenters. The van der Waals surface area contributed by atoms with E-state index in [2.05, 4.69) is 11.8 Å². The number of nitrogens with zero attached hydrogens (tertiary/aromatic N) is 1. The van der Waals surface area contributed by atoms with Gasteiger partial charge in [0, 0.05) is 23.9 Å². The fourth-order valence-electron chi connectivity index (χ4n) is 2.58. The van der Waals surface area contributed by atoms with Crippen molar-refractivity contribution in [3.05, 3.63) is 29.8 Å². The third-order valence-electron chi connectivity index (χ3n) is 4.37. The number of ether oxygens (including phenoxy) is 1. The SMILES string of the molecule is CC(O)C#Cc1ccc(N2C[C@H](CC(C)(C(=O)O)S(C)(=O)=O)OC2=O)cc1. The summed E-state index contributed by atoms with van der Waals surface area (Å²) in [7, 11) is -3.91. The number of hydrogen-bond acceptors (Lipinski definition) is 6. The Morgan fingerprint density at radius 1 is 1.41 bits per heavy atom. The summed E-state index contributed by atoms with van der Waals surface area (Å²) in [6, 6.07) is 6.62. The number of aliphatic carboxylic acids is 1. The lowest BCUT2D eigenvalue weighted by molar-refractivity contribution is -0.140. The molecule has 1 aromatic rings. The van der Waals surface area contributed by atoms with Crippen LogP contribution in [-0.2, 0) is 19.4 Å². The fourth-order valence-corrected chi connectivity index (χ4v) is 3.39. The number of aliphatic hydroxyl groups is 1. The first-order valence-corrected chi connectivity index (χ1v) is 10.0. The number of amides is 1. The summed E-state index contributed by atoms with van der Waals surface area (Å²) in [4.78, 5) is 24.9. The van der Waals surface area contributed by atoms with E-state index >= 15 is 0 Å². The fraction of sp³-hybridized carbons (Fsp3) is 0.444. The number of carboxylic acids is 1. The quantitative estimate of drug-likeness (QED) is 0.714. The highest BCUT2D eigenvalue weighted by Crippen LogP contribution is 2.30. The number of carboxylic acid groups (broad SMARTS) is 1. The first kappa shape index (κ1) is 20.7. The number of cyclic esters (lactones) is 1. The molecule has 2 rings (SSSR count). The number of benzene rings is 1. The predicted octanol–water partition coefficient (Wildman–Crippen LogP) is 1.02. The Bertz CT molecular complexity index is 896. The first-order chi connectivity index (χ1) is 12.4. The molecular formula is C18H21NO7S. The van der Waals surface area contributed by atoms with Gasteiger partial charge in [0.25, 0.3) is 0 Å². The molecule has 0 aliphatic carbocycles. The Hall–Kier alpha value is -2.57. The standard InChI is InChI=1S/C18H21NO7S/c1-12(20)4-5-13-6-8-14(9-7-13)19-11-15(26-17(19)23)10-18(2,16(21)22)27(3,24)25/h6-9,12,15,20H,10-11H2,1-3H3,(H,21,22)/t12?,15-,18?/m0/s1. The third-order valence-corrected chi connectivity index (χ3v) is 6.34. The normalized spacial score (nSPS) is 20.2. The number of hydrogen-bond donors (Lipinski definition) is 2. The van der Waals surface area contributed by atoms with Gasteiger partial charge in [0.1, 0.15) is 12.2 Å². The topological polar surface area (TPSA) is 121 Å². The van der Waals surface area contributed by atoms with Crippen LogP contribution in [-0.4, -0.2) is 60.4 Å². The Labute approximate surface area is 157 Å². The van der Waals surface area contributed by atoms with E-state index in [9.17, 15) is 23.1 Å². The molecule has 9 heteroatoms. The van der Waals surface area contributed by atoms with Gasteiger partial charge >= 0.3 is 12.1 Å². The summed E-state index contributed by atoms with van der Waals surface area (Å²) in [6.07, 6.45) is -1.80. The third kappa shape index (κ3) is 4.59. The molecule has 1 aromatic carbocycles. The maximum Gasteiger partial charge on any atom is 0.414 e. The molecule has 1 amide bonds. The highest BCUT2D eigenvalue weighted by molar-refractivity contribution is 7.92. The molecule has 1 aliphatic rings. The van der Waals surface area contributed by atoms with Gasteiger partial charge in [-0.05, 0) is 38.1 Å². The van der Waals surface area contributed by atoms with E-state index in [-0.39, 0.29) is 13.0 Å². The smallest absolute Gasteiger partial charge is 0.414 e. The van der Waals surface area contributed by atoms with E-state index in [0.29, 0.717) is 11.3 Å². The van der Waals surface area contributed by atoms with Gasteiger partial charge in [0.2, 0.25) is 0 Å². The second-order valence-corrected chi connectivity index (χ2v) is 9.07. The van der Waals surface area contributed by atoms with Gasteiger partial charge in [-0.2, -0.15) is 0 Å². The van der Waals surface area contributed by atoms with Crippen molar-refractivity contribution in [2.24, 2.45) is 0 Å². The van der Waals surface area contributed by atoms with Crippen molar-refractivity contribution in [1.82, 2.24) is 0 Å². The maximum atomic E-state index is 12.1. The van der Waals surface area contributed by atoms with Gasteiger partial charge < -0.3 is 14.9 Å². The van der Waals surface area contributed by atoms with Gasteiger partial charge in [-0.3, -0.25) is 9.69 Å². The molecule has 0 bridgehead atoms. The number of sulfone groups is 1. The molecule has 0 aromatic heterocycles. The van der Waals surface area contributed by atoms with Crippen LogP contribution in [0.2, 0.25) is 0 Å². The van der Waals surface area contributed by atoms with Crippen molar-refractivity contribution < 1.29 is 33.0 Å². The predicted molar refractivity (Wildman–Crippen MR) is 98.1 cm³/mol. The van der Waals surface area contributed by atoms with Crippen LogP contribution in [0.1, 0.15) is 25.8 Å². The minimum atomic E-state index is -3.91. The lowest BCUT2D eigenvalue weighted by Crippen LogP contribution is -2.46. The highest BCUT2D eigenvalue weighted by atomic mass is 32.2. The Morgan fingerprint density at radius 2 is 2.00 bits per heavy atom. The van der Waals surface area contributed by atoms with Crippen LogP contribution >= 0.6 is 0 Å². The van der Waals surface area contributed by atoms with Crippen molar-refractivity contribution in [2.45, 2.75) is 37.2 Å². The van der Waals surface area contributed by atoms with Crippen molar-refractivity contribution >= 4 is 27.6 Å². The van der Waals surface area contributed by atoms with E-state index < -0.39 is 38.9 Å². The molecule has 3 atom stereocenters. The van der Waals surface area contributed by atoms with Crippen molar-refractivity contribution in [3.63, 3.8) is 0 Å². The van der Waals surface area contributed by atoms with E-state index in [1.807, 2.05) is 0 Å². The number of anilines is 1. The van der Waals surface area contributed by atoms with Crippen LogP contribution < -0.4 is 4.90 Å². The van der Waals surface area contributed by atoms with Crippen molar-refractivity contribution in [3.8, 4) is 11.8 Å². The summed E-state index contributed by atoms with van der Waals surface area (Å²) >= 11 is 0. The Balaban J connectivity index is 2.16. The molecule has 1 saturated heterocycles. The zero-order valence-electron chi connectivity index (χ0n) is 15.2. The van der Waals surface area contributed by atoms with Gasteiger partial charge in [-0.1, -0.05) is 11.8 Å². The summed E-state index contributed by atoms with van der Waals surface area (Å²) in [5.74, 6) is 3.89. The van der Waals surface area contributed by atoms with Crippen molar-refractivity contribution in [1.29, 1.82) is 0 Å². The molecule has 0 radical (unpaired) electrons. The minimum Gasteiger partial charge on any atom is -0.480 e. The zero-order chi connectivity index (χ0) is 20.4. The lowest BCUT2D eigenvalue weighted by atomic mass is 10.0. The molecule has 1 fully saturated rings. The largest absolute Gasteiger partial charge is 0.480 e. The molecule has 1 heterocycles. The molecule has 0 saturated carbocycles. The average Bonchev–Trinajstić information content (AvgIpc) is 2.92. The molecular weight excluding hydrogens is 374 g/mol. The van der Waals surface area contributed by atoms with Crippen LogP contribution in [0, 0.1) is 11.8 Å². The Morgan fingerprint density at radius 3 is 2.48 bits per heavy atom. The monoisotopic (exact) mass is 395 g/mol. The number of carbonyl (C=O) groups excluding carboxylic acids is 1. The lowest BCUT2D eigenvalue weighted by Gasteiger charge is -2.24. The van der Waals surface area contributed by atoms with Crippen LogP contribution in [0.25, 0.3) is 0 Å². The summed E-state index contributed by atoms with van der Waals surface area (Å²) < 4.78 is 26.9. The van der Waals surface area contributed by atoms with E-state index in [4.69, 9.17) is 9.84 Å². The number of rotatable bonds is 5. The maximum absolute atomic E-state index is 12.1. The summed E-state index contributed by atoms with van der Waals surface area (Å²) in [6.45, 7) is 2.69. The van der Waals surface area contributed by atoms with Crippen molar-refractivity contribution in [2.75, 3.05) is 17.7 Å². The number of carbonyl (C=O) groups is 2. The molecule has 2 N–H and O–H groups in total. The van der Waals surface area contributed by atoms with Crippen LogP contribution in [0.3, 0.4) is 0 Å². The molecule has 1 aliphatic heterocycles. The van der Waals surface area contributed by atoms with Gasteiger partial charge in [-0.15, -0.1) is 0 Å². The molecule has 0 spiro atoms. The van der Waals surface area contributed by atoms with Gasteiger partial charge in [0.05, 0.1) is 6.54 Å². The van der Waals surface area contributed by atoms with E-state index in [1.54, 1.807) is 31.2 Å². The highest BCUT2D eigenvalue weighted by Gasteiger charge is 2.48. The Kier molecular flexibility index (Phi) is 5.82. The molecule has 8 nitrogen and oxygen atoms in total. The number of aliphatic hydroxyl groups excluding tert-OH is 1. The van der Waals surface area contributed by atoms with Gasteiger partial charge in [0.15, 0.2) is 14.6 Å².